The maximum absolute atomic E-state index is 9.61. The Balaban J connectivity index is 1.82. The molecular formula is C14H28N2O. The summed E-state index contributed by atoms with van der Waals surface area (Å²) in [7, 11) is 2.27. The van der Waals surface area contributed by atoms with Gasteiger partial charge in [0.25, 0.3) is 0 Å². The van der Waals surface area contributed by atoms with E-state index in [2.05, 4.69) is 24.2 Å². The molecule has 2 saturated carbocycles. The number of nitrogens with zero attached hydrogens (tertiary/aromatic N) is 1. The summed E-state index contributed by atoms with van der Waals surface area (Å²) in [4.78, 5) is 2.54. The van der Waals surface area contributed by atoms with Gasteiger partial charge in [-0.05, 0) is 51.6 Å². The van der Waals surface area contributed by atoms with Crippen molar-refractivity contribution in [3.63, 3.8) is 0 Å². The van der Waals surface area contributed by atoms with Crippen molar-refractivity contribution in [1.82, 2.24) is 10.2 Å². The second-order valence-electron chi connectivity index (χ2n) is 6.10. The third-order valence-electron chi connectivity index (χ3n) is 4.83. The molecular weight excluding hydrogens is 212 g/mol. The zero-order valence-electron chi connectivity index (χ0n) is 11.4. The molecule has 2 aliphatic carbocycles. The summed E-state index contributed by atoms with van der Waals surface area (Å²) in [5.74, 6) is 0.947. The summed E-state index contributed by atoms with van der Waals surface area (Å²) in [5, 5.41) is 13.1. The molecule has 2 aliphatic rings. The number of rotatable bonds is 6. The lowest BCUT2D eigenvalue weighted by Crippen LogP contribution is -2.48. The quantitative estimate of drug-likeness (QED) is 0.740. The topological polar surface area (TPSA) is 35.5 Å². The number of nitrogens with one attached hydrogen (secondary N) is 1. The van der Waals surface area contributed by atoms with Crippen LogP contribution in [-0.2, 0) is 0 Å². The molecule has 2 N–H and O–H groups in total. The Hall–Kier alpha value is -0.120. The van der Waals surface area contributed by atoms with Crippen LogP contribution in [0.2, 0.25) is 0 Å². The monoisotopic (exact) mass is 240 g/mol. The van der Waals surface area contributed by atoms with Crippen LogP contribution in [0.5, 0.6) is 0 Å². The second kappa shape index (κ2) is 5.68. The van der Waals surface area contributed by atoms with Gasteiger partial charge >= 0.3 is 0 Å². The SMILES string of the molecule is CCNC1(CO)CCC(N(C)CC2CCC2)C1. The van der Waals surface area contributed by atoms with E-state index >= 15 is 0 Å². The van der Waals surface area contributed by atoms with Crippen molar-refractivity contribution in [2.75, 3.05) is 26.7 Å². The molecule has 3 nitrogen and oxygen atoms in total. The highest BCUT2D eigenvalue weighted by Crippen LogP contribution is 2.34. The molecule has 0 radical (unpaired) electrons. The van der Waals surface area contributed by atoms with E-state index in [0.29, 0.717) is 6.04 Å². The predicted molar refractivity (Wildman–Crippen MR) is 71.1 cm³/mol. The first-order valence-corrected chi connectivity index (χ1v) is 7.25. The van der Waals surface area contributed by atoms with Crippen LogP contribution >= 0.6 is 0 Å². The fourth-order valence-corrected chi connectivity index (χ4v) is 3.44. The highest BCUT2D eigenvalue weighted by molar-refractivity contribution is 4.99. The molecule has 0 aromatic heterocycles. The number of hydrogen-bond donors (Lipinski definition) is 2. The van der Waals surface area contributed by atoms with Crippen LogP contribution in [-0.4, -0.2) is 48.3 Å². The summed E-state index contributed by atoms with van der Waals surface area (Å²) in [5.41, 5.74) is 0.00723. The van der Waals surface area contributed by atoms with Gasteiger partial charge in [-0.25, -0.2) is 0 Å². The van der Waals surface area contributed by atoms with E-state index in [9.17, 15) is 5.11 Å². The Bertz CT molecular complexity index is 242. The van der Waals surface area contributed by atoms with E-state index in [1.807, 2.05) is 0 Å². The van der Waals surface area contributed by atoms with Crippen LogP contribution in [0.3, 0.4) is 0 Å². The third kappa shape index (κ3) is 3.01. The van der Waals surface area contributed by atoms with Crippen molar-refractivity contribution >= 4 is 0 Å². The van der Waals surface area contributed by atoms with Gasteiger partial charge < -0.3 is 15.3 Å². The van der Waals surface area contributed by atoms with E-state index in [1.165, 1.54) is 32.2 Å². The van der Waals surface area contributed by atoms with E-state index in [0.717, 1.165) is 25.3 Å². The largest absolute Gasteiger partial charge is 0.394 e. The molecule has 0 aliphatic heterocycles. The van der Waals surface area contributed by atoms with E-state index < -0.39 is 0 Å². The first kappa shape index (κ1) is 13.3. The molecule has 17 heavy (non-hydrogen) atoms. The fraction of sp³-hybridized carbons (Fsp3) is 1.00. The summed E-state index contributed by atoms with van der Waals surface area (Å²) >= 11 is 0. The average Bonchev–Trinajstić information content (AvgIpc) is 2.69. The van der Waals surface area contributed by atoms with E-state index in [-0.39, 0.29) is 12.1 Å². The van der Waals surface area contributed by atoms with Crippen LogP contribution in [0.1, 0.15) is 45.4 Å². The van der Waals surface area contributed by atoms with E-state index in [1.54, 1.807) is 0 Å². The van der Waals surface area contributed by atoms with Crippen molar-refractivity contribution < 1.29 is 5.11 Å². The molecule has 0 aromatic rings. The Morgan fingerprint density at radius 2 is 2.12 bits per heavy atom. The molecule has 2 unspecified atom stereocenters. The molecule has 0 saturated heterocycles. The van der Waals surface area contributed by atoms with Gasteiger partial charge in [-0.3, -0.25) is 0 Å². The average molecular weight is 240 g/mol. The van der Waals surface area contributed by atoms with E-state index in [4.69, 9.17) is 0 Å². The third-order valence-corrected chi connectivity index (χ3v) is 4.83. The molecule has 2 rings (SSSR count). The molecule has 0 heterocycles. The number of aliphatic hydroxyl groups is 1. The lowest BCUT2D eigenvalue weighted by Gasteiger charge is -2.34. The van der Waals surface area contributed by atoms with Gasteiger partial charge in [0.2, 0.25) is 0 Å². The standard InChI is InChI=1S/C14H28N2O/c1-3-15-14(11-17)8-7-13(9-14)16(2)10-12-5-4-6-12/h12-13,15,17H,3-11H2,1-2H3. The minimum atomic E-state index is 0.00723. The van der Waals surface area contributed by atoms with Gasteiger partial charge in [-0.1, -0.05) is 13.3 Å². The Kier molecular flexibility index (Phi) is 4.45. The van der Waals surface area contributed by atoms with Crippen LogP contribution in [0.25, 0.3) is 0 Å². The van der Waals surface area contributed by atoms with Crippen LogP contribution in [0.4, 0.5) is 0 Å². The number of hydrogen-bond acceptors (Lipinski definition) is 3. The van der Waals surface area contributed by atoms with Crippen LogP contribution in [0.15, 0.2) is 0 Å². The molecule has 2 atom stereocenters. The lowest BCUT2D eigenvalue weighted by molar-refractivity contribution is 0.134. The lowest BCUT2D eigenvalue weighted by atomic mass is 9.85. The molecule has 3 heteroatoms. The first-order chi connectivity index (χ1) is 8.19. The highest BCUT2D eigenvalue weighted by atomic mass is 16.3. The Morgan fingerprint density at radius 3 is 2.65 bits per heavy atom. The molecule has 0 aromatic carbocycles. The summed E-state index contributed by atoms with van der Waals surface area (Å²) in [6, 6.07) is 0.668. The number of aliphatic hydroxyl groups excluding tert-OH is 1. The minimum Gasteiger partial charge on any atom is -0.394 e. The smallest absolute Gasteiger partial charge is 0.0613 e. The van der Waals surface area contributed by atoms with Gasteiger partial charge in [-0.15, -0.1) is 0 Å². The summed E-state index contributed by atoms with van der Waals surface area (Å²) < 4.78 is 0. The maximum atomic E-state index is 9.61. The molecule has 0 amide bonds. The van der Waals surface area contributed by atoms with Gasteiger partial charge in [-0.2, -0.15) is 0 Å². The van der Waals surface area contributed by atoms with Gasteiger partial charge in [0.15, 0.2) is 0 Å². The van der Waals surface area contributed by atoms with Crippen LogP contribution in [0, 0.1) is 5.92 Å². The predicted octanol–water partition coefficient (Wildman–Crippen LogP) is 1.61. The van der Waals surface area contributed by atoms with Crippen molar-refractivity contribution in [2.24, 2.45) is 5.92 Å². The van der Waals surface area contributed by atoms with Gasteiger partial charge in [0.05, 0.1) is 6.61 Å². The Morgan fingerprint density at radius 1 is 1.35 bits per heavy atom. The zero-order chi connectivity index (χ0) is 12.3. The van der Waals surface area contributed by atoms with Crippen molar-refractivity contribution in [1.29, 1.82) is 0 Å². The van der Waals surface area contributed by atoms with Crippen molar-refractivity contribution in [2.45, 2.75) is 57.0 Å². The Labute approximate surface area is 106 Å². The normalized spacial score (nSPS) is 34.2. The molecule has 2 fully saturated rings. The first-order valence-electron chi connectivity index (χ1n) is 7.25. The highest BCUT2D eigenvalue weighted by Gasteiger charge is 2.39. The zero-order valence-corrected chi connectivity index (χ0v) is 11.4. The number of likely N-dealkylation sites (N-methyl/N-ethyl adjacent to an activating group) is 1. The fourth-order valence-electron chi connectivity index (χ4n) is 3.44. The van der Waals surface area contributed by atoms with Crippen molar-refractivity contribution in [3.05, 3.63) is 0 Å². The second-order valence-corrected chi connectivity index (χ2v) is 6.10. The van der Waals surface area contributed by atoms with Crippen molar-refractivity contribution in [3.8, 4) is 0 Å². The van der Waals surface area contributed by atoms with Gasteiger partial charge in [0, 0.05) is 18.1 Å². The van der Waals surface area contributed by atoms with Gasteiger partial charge in [0.1, 0.15) is 0 Å². The summed E-state index contributed by atoms with van der Waals surface area (Å²) in [6.45, 7) is 4.63. The summed E-state index contributed by atoms with van der Waals surface area (Å²) in [6.07, 6.45) is 7.75. The molecule has 100 valence electrons. The molecule has 0 spiro atoms. The molecule has 0 bridgehead atoms. The maximum Gasteiger partial charge on any atom is 0.0613 e. The minimum absolute atomic E-state index is 0.00723. The van der Waals surface area contributed by atoms with Crippen LogP contribution < -0.4 is 5.32 Å².